The SMILES string of the molecule is CC(C)CCOC(C)C(=O)NCCON. The summed E-state index contributed by atoms with van der Waals surface area (Å²) in [6, 6.07) is 0. The Morgan fingerprint density at radius 2 is 2.00 bits per heavy atom. The summed E-state index contributed by atoms with van der Waals surface area (Å²) in [4.78, 5) is 15.7. The van der Waals surface area contributed by atoms with E-state index in [1.54, 1.807) is 6.92 Å². The molecule has 0 rings (SSSR count). The van der Waals surface area contributed by atoms with Gasteiger partial charge in [-0.3, -0.25) is 4.79 Å². The van der Waals surface area contributed by atoms with Crippen molar-refractivity contribution in [2.75, 3.05) is 19.8 Å². The van der Waals surface area contributed by atoms with Crippen LogP contribution in [0.4, 0.5) is 0 Å². The minimum absolute atomic E-state index is 0.129. The monoisotopic (exact) mass is 218 g/mol. The van der Waals surface area contributed by atoms with Crippen molar-refractivity contribution in [3.05, 3.63) is 0 Å². The van der Waals surface area contributed by atoms with Crippen LogP contribution in [0.25, 0.3) is 0 Å². The van der Waals surface area contributed by atoms with Crippen LogP contribution in [-0.2, 0) is 14.4 Å². The van der Waals surface area contributed by atoms with Crippen LogP contribution in [0.15, 0.2) is 0 Å². The van der Waals surface area contributed by atoms with Gasteiger partial charge in [-0.25, -0.2) is 5.90 Å². The molecule has 0 aliphatic rings. The molecule has 0 aromatic rings. The lowest BCUT2D eigenvalue weighted by Crippen LogP contribution is -2.37. The molecule has 0 saturated carbocycles. The number of carbonyl (C=O) groups excluding carboxylic acids is 1. The van der Waals surface area contributed by atoms with Crippen molar-refractivity contribution in [2.45, 2.75) is 33.3 Å². The van der Waals surface area contributed by atoms with Crippen LogP contribution in [0.3, 0.4) is 0 Å². The third-order valence-corrected chi connectivity index (χ3v) is 1.95. The predicted octanol–water partition coefficient (Wildman–Crippen LogP) is 0.444. The zero-order valence-electron chi connectivity index (χ0n) is 9.79. The minimum Gasteiger partial charge on any atom is -0.369 e. The Labute approximate surface area is 91.3 Å². The molecular weight excluding hydrogens is 196 g/mol. The third-order valence-electron chi connectivity index (χ3n) is 1.95. The van der Waals surface area contributed by atoms with Gasteiger partial charge in [0.25, 0.3) is 0 Å². The summed E-state index contributed by atoms with van der Waals surface area (Å²) in [6.45, 7) is 7.30. The Morgan fingerprint density at radius 3 is 2.53 bits per heavy atom. The Bertz CT molecular complexity index is 174. The van der Waals surface area contributed by atoms with Gasteiger partial charge in [0.2, 0.25) is 5.91 Å². The fraction of sp³-hybridized carbons (Fsp3) is 0.900. The lowest BCUT2D eigenvalue weighted by Gasteiger charge is -2.13. The average molecular weight is 218 g/mol. The Kier molecular flexibility index (Phi) is 8.27. The smallest absolute Gasteiger partial charge is 0.248 e. The largest absolute Gasteiger partial charge is 0.369 e. The van der Waals surface area contributed by atoms with E-state index in [0.717, 1.165) is 6.42 Å². The molecule has 1 unspecified atom stereocenters. The van der Waals surface area contributed by atoms with Gasteiger partial charge in [-0.15, -0.1) is 0 Å². The van der Waals surface area contributed by atoms with E-state index in [4.69, 9.17) is 10.6 Å². The van der Waals surface area contributed by atoms with Gasteiger partial charge in [-0.1, -0.05) is 13.8 Å². The zero-order chi connectivity index (χ0) is 11.7. The molecule has 0 aromatic heterocycles. The second kappa shape index (κ2) is 8.64. The number of hydrogen-bond acceptors (Lipinski definition) is 4. The van der Waals surface area contributed by atoms with Crippen LogP contribution < -0.4 is 11.2 Å². The van der Waals surface area contributed by atoms with Crippen LogP contribution in [0.2, 0.25) is 0 Å². The molecule has 0 heterocycles. The highest BCUT2D eigenvalue weighted by Crippen LogP contribution is 2.01. The maximum Gasteiger partial charge on any atom is 0.248 e. The third kappa shape index (κ3) is 8.35. The van der Waals surface area contributed by atoms with E-state index in [1.807, 2.05) is 0 Å². The number of rotatable bonds is 8. The molecule has 1 amide bonds. The van der Waals surface area contributed by atoms with Gasteiger partial charge >= 0.3 is 0 Å². The molecular formula is C10H22N2O3. The van der Waals surface area contributed by atoms with Crippen LogP contribution in [-0.4, -0.2) is 31.8 Å². The first kappa shape index (κ1) is 14.3. The highest BCUT2D eigenvalue weighted by Gasteiger charge is 2.12. The average Bonchev–Trinajstić information content (AvgIpc) is 2.17. The van der Waals surface area contributed by atoms with Crippen LogP contribution >= 0.6 is 0 Å². The van der Waals surface area contributed by atoms with E-state index < -0.39 is 6.10 Å². The molecule has 0 spiro atoms. The van der Waals surface area contributed by atoms with Gasteiger partial charge in [0.1, 0.15) is 6.10 Å². The van der Waals surface area contributed by atoms with Gasteiger partial charge in [0.05, 0.1) is 6.61 Å². The van der Waals surface area contributed by atoms with E-state index in [1.165, 1.54) is 0 Å². The van der Waals surface area contributed by atoms with E-state index in [2.05, 4.69) is 24.0 Å². The Morgan fingerprint density at radius 1 is 1.33 bits per heavy atom. The molecule has 0 bridgehead atoms. The molecule has 5 nitrogen and oxygen atoms in total. The Balaban J connectivity index is 3.51. The van der Waals surface area contributed by atoms with Crippen LogP contribution in [0.1, 0.15) is 27.2 Å². The first-order chi connectivity index (χ1) is 7.07. The topological polar surface area (TPSA) is 73.6 Å². The molecule has 0 saturated heterocycles. The fourth-order valence-electron chi connectivity index (χ4n) is 0.933. The molecule has 0 fully saturated rings. The molecule has 0 radical (unpaired) electrons. The van der Waals surface area contributed by atoms with E-state index in [0.29, 0.717) is 25.7 Å². The molecule has 3 N–H and O–H groups in total. The summed E-state index contributed by atoms with van der Waals surface area (Å²) >= 11 is 0. The molecule has 15 heavy (non-hydrogen) atoms. The highest BCUT2D eigenvalue weighted by molar-refractivity contribution is 5.80. The zero-order valence-corrected chi connectivity index (χ0v) is 9.79. The number of nitrogens with one attached hydrogen (secondary N) is 1. The van der Waals surface area contributed by atoms with Gasteiger partial charge in [-0.05, 0) is 19.3 Å². The molecule has 0 aliphatic carbocycles. The van der Waals surface area contributed by atoms with E-state index in [9.17, 15) is 4.79 Å². The summed E-state index contributed by atoms with van der Waals surface area (Å²) in [5.74, 6) is 5.28. The van der Waals surface area contributed by atoms with Gasteiger partial charge in [-0.2, -0.15) is 0 Å². The lowest BCUT2D eigenvalue weighted by molar-refractivity contribution is -0.132. The summed E-state index contributed by atoms with van der Waals surface area (Å²) < 4.78 is 5.36. The predicted molar refractivity (Wildman–Crippen MR) is 58.0 cm³/mol. The van der Waals surface area contributed by atoms with Gasteiger partial charge < -0.3 is 14.9 Å². The number of ether oxygens (including phenoxy) is 1. The summed E-state index contributed by atoms with van der Waals surface area (Å²) in [7, 11) is 0. The number of carbonyl (C=O) groups is 1. The summed E-state index contributed by atoms with van der Waals surface area (Å²) in [6.07, 6.45) is 0.547. The van der Waals surface area contributed by atoms with Crippen molar-refractivity contribution in [1.82, 2.24) is 5.32 Å². The molecule has 0 aliphatic heterocycles. The molecule has 5 heteroatoms. The van der Waals surface area contributed by atoms with Crippen molar-refractivity contribution in [1.29, 1.82) is 0 Å². The fourth-order valence-corrected chi connectivity index (χ4v) is 0.933. The van der Waals surface area contributed by atoms with Crippen molar-refractivity contribution in [2.24, 2.45) is 11.8 Å². The normalized spacial score (nSPS) is 12.9. The van der Waals surface area contributed by atoms with Crippen molar-refractivity contribution < 1.29 is 14.4 Å². The Hall–Kier alpha value is -0.650. The van der Waals surface area contributed by atoms with Crippen molar-refractivity contribution >= 4 is 5.91 Å². The summed E-state index contributed by atoms with van der Waals surface area (Å²) in [5, 5.41) is 2.65. The standard InChI is InChI=1S/C10H22N2O3/c1-8(2)4-6-14-9(3)10(13)12-5-7-15-11/h8-9H,4-7,11H2,1-3H3,(H,12,13). The molecule has 90 valence electrons. The first-order valence-electron chi connectivity index (χ1n) is 5.29. The van der Waals surface area contributed by atoms with E-state index >= 15 is 0 Å². The highest BCUT2D eigenvalue weighted by atomic mass is 16.6. The van der Waals surface area contributed by atoms with Gasteiger partial charge in [0.15, 0.2) is 0 Å². The number of amides is 1. The molecule has 1 atom stereocenters. The summed E-state index contributed by atoms with van der Waals surface area (Å²) in [5.41, 5.74) is 0. The number of nitrogens with two attached hydrogens (primary N) is 1. The maximum absolute atomic E-state index is 11.4. The molecule has 0 aromatic carbocycles. The lowest BCUT2D eigenvalue weighted by atomic mass is 10.1. The van der Waals surface area contributed by atoms with Crippen LogP contribution in [0.5, 0.6) is 0 Å². The van der Waals surface area contributed by atoms with Crippen molar-refractivity contribution in [3.8, 4) is 0 Å². The van der Waals surface area contributed by atoms with E-state index in [-0.39, 0.29) is 5.91 Å². The van der Waals surface area contributed by atoms with Gasteiger partial charge in [0, 0.05) is 13.2 Å². The number of hydrogen-bond donors (Lipinski definition) is 2. The quantitative estimate of drug-likeness (QED) is 0.458. The second-order valence-corrected chi connectivity index (χ2v) is 3.86. The maximum atomic E-state index is 11.4. The van der Waals surface area contributed by atoms with Crippen LogP contribution in [0, 0.1) is 5.92 Å². The van der Waals surface area contributed by atoms with Crippen molar-refractivity contribution in [3.63, 3.8) is 0 Å². The minimum atomic E-state index is -0.415. The second-order valence-electron chi connectivity index (χ2n) is 3.86. The first-order valence-corrected chi connectivity index (χ1v) is 5.29.